The van der Waals surface area contributed by atoms with Crippen molar-refractivity contribution < 1.29 is 9.53 Å². The smallest absolute Gasteiger partial charge is 0.257 e. The molecule has 1 saturated heterocycles. The van der Waals surface area contributed by atoms with Crippen LogP contribution < -0.4 is 10.2 Å². The summed E-state index contributed by atoms with van der Waals surface area (Å²) in [5, 5.41) is 2.89. The van der Waals surface area contributed by atoms with Crippen molar-refractivity contribution in [1.29, 1.82) is 0 Å². The second-order valence-corrected chi connectivity index (χ2v) is 7.27. The van der Waals surface area contributed by atoms with E-state index in [2.05, 4.69) is 39.0 Å². The Kier molecular flexibility index (Phi) is 4.67. The Bertz CT molecular complexity index is 1020. The minimum absolute atomic E-state index is 0.161. The standard InChI is InChI=1S/C19H21N5O2S/c1-11-9-24(10-12(2)26-11)17-6-3-13(8-20-17)18(25)21-14-4-5-15-16(7-14)23-19(27)22-15/h3-8,11-12H,9-10H2,1-2H3,(H,21,25)(H2,22,23,27)/t11-,12+. The largest absolute Gasteiger partial charge is 0.372 e. The molecule has 4 rings (SSSR count). The number of hydrogen-bond donors (Lipinski definition) is 3. The number of rotatable bonds is 3. The highest BCUT2D eigenvalue weighted by Crippen LogP contribution is 2.20. The van der Waals surface area contributed by atoms with Gasteiger partial charge in [0.1, 0.15) is 5.82 Å². The highest BCUT2D eigenvalue weighted by atomic mass is 32.1. The second kappa shape index (κ2) is 7.13. The van der Waals surface area contributed by atoms with Crippen LogP contribution in [-0.4, -0.2) is 46.2 Å². The number of H-pyrrole nitrogens is 2. The summed E-state index contributed by atoms with van der Waals surface area (Å²) >= 11 is 5.08. The number of pyridine rings is 1. The maximum absolute atomic E-state index is 12.5. The van der Waals surface area contributed by atoms with Gasteiger partial charge in [-0.2, -0.15) is 0 Å². The first-order valence-electron chi connectivity index (χ1n) is 8.88. The molecule has 1 aromatic carbocycles. The zero-order chi connectivity index (χ0) is 19.0. The quantitative estimate of drug-likeness (QED) is 0.603. The number of aromatic nitrogens is 3. The fraction of sp³-hybridized carbons (Fsp3) is 0.316. The fourth-order valence-corrected chi connectivity index (χ4v) is 3.61. The second-order valence-electron chi connectivity index (χ2n) is 6.86. The average Bonchev–Trinajstić information content (AvgIpc) is 3.00. The van der Waals surface area contributed by atoms with E-state index in [-0.39, 0.29) is 18.1 Å². The third kappa shape index (κ3) is 3.86. The van der Waals surface area contributed by atoms with Crippen molar-refractivity contribution in [2.75, 3.05) is 23.3 Å². The molecular weight excluding hydrogens is 362 g/mol. The lowest BCUT2D eigenvalue weighted by molar-refractivity contribution is -0.00546. The van der Waals surface area contributed by atoms with Crippen LogP contribution in [0.3, 0.4) is 0 Å². The van der Waals surface area contributed by atoms with Crippen LogP contribution in [0.15, 0.2) is 36.5 Å². The molecule has 1 amide bonds. The van der Waals surface area contributed by atoms with Crippen LogP contribution in [0.5, 0.6) is 0 Å². The van der Waals surface area contributed by atoms with E-state index in [1.165, 1.54) is 0 Å². The summed E-state index contributed by atoms with van der Waals surface area (Å²) in [5.41, 5.74) is 2.95. The van der Waals surface area contributed by atoms with E-state index in [9.17, 15) is 4.79 Å². The number of nitrogens with one attached hydrogen (secondary N) is 3. The van der Waals surface area contributed by atoms with Gasteiger partial charge in [0.05, 0.1) is 28.8 Å². The molecule has 1 fully saturated rings. The van der Waals surface area contributed by atoms with Crippen LogP contribution >= 0.6 is 12.2 Å². The van der Waals surface area contributed by atoms with Crippen molar-refractivity contribution in [2.24, 2.45) is 0 Å². The van der Waals surface area contributed by atoms with Gasteiger partial charge < -0.3 is 24.9 Å². The van der Waals surface area contributed by atoms with E-state index >= 15 is 0 Å². The zero-order valence-corrected chi connectivity index (χ0v) is 16.0. The van der Waals surface area contributed by atoms with Gasteiger partial charge in [-0.15, -0.1) is 0 Å². The van der Waals surface area contributed by atoms with Crippen molar-refractivity contribution in [1.82, 2.24) is 15.0 Å². The SMILES string of the molecule is C[C@@H]1CN(c2ccc(C(=O)Nc3ccc4[nH]c(=S)[nH]c4c3)cn2)C[C@H](C)O1. The van der Waals surface area contributed by atoms with Gasteiger partial charge in [0, 0.05) is 25.0 Å². The predicted molar refractivity (Wildman–Crippen MR) is 108 cm³/mol. The van der Waals surface area contributed by atoms with Gasteiger partial charge in [-0.25, -0.2) is 4.98 Å². The Balaban J connectivity index is 1.47. The van der Waals surface area contributed by atoms with Crippen LogP contribution in [0.25, 0.3) is 11.0 Å². The molecule has 3 aromatic rings. The fourth-order valence-electron chi connectivity index (χ4n) is 3.39. The Morgan fingerprint density at radius 3 is 2.63 bits per heavy atom. The normalized spacial score (nSPS) is 20.0. The molecule has 0 unspecified atom stereocenters. The molecule has 0 aliphatic carbocycles. The molecule has 2 aromatic heterocycles. The molecule has 140 valence electrons. The van der Waals surface area contributed by atoms with Crippen molar-refractivity contribution in [3.8, 4) is 0 Å². The van der Waals surface area contributed by atoms with E-state index in [0.717, 1.165) is 29.9 Å². The molecular formula is C19H21N5O2S. The number of imidazole rings is 1. The number of nitrogens with zero attached hydrogens (tertiary/aromatic N) is 2. The molecule has 0 bridgehead atoms. The number of aromatic amines is 2. The summed E-state index contributed by atoms with van der Waals surface area (Å²) in [7, 11) is 0. The molecule has 3 heterocycles. The summed E-state index contributed by atoms with van der Waals surface area (Å²) in [6.45, 7) is 5.69. The van der Waals surface area contributed by atoms with Crippen molar-refractivity contribution in [3.63, 3.8) is 0 Å². The predicted octanol–water partition coefficient (Wildman–Crippen LogP) is 3.49. The van der Waals surface area contributed by atoms with Gasteiger partial charge in [-0.05, 0) is 56.4 Å². The molecule has 7 nitrogen and oxygen atoms in total. The number of anilines is 2. The van der Waals surface area contributed by atoms with Crippen molar-refractivity contribution in [2.45, 2.75) is 26.1 Å². The number of ether oxygens (including phenoxy) is 1. The molecule has 27 heavy (non-hydrogen) atoms. The first kappa shape index (κ1) is 17.7. The number of amides is 1. The number of benzene rings is 1. The molecule has 1 aliphatic heterocycles. The Morgan fingerprint density at radius 1 is 1.19 bits per heavy atom. The van der Waals surface area contributed by atoms with Crippen LogP contribution in [0.1, 0.15) is 24.2 Å². The van der Waals surface area contributed by atoms with E-state index in [4.69, 9.17) is 17.0 Å². The van der Waals surface area contributed by atoms with Crippen LogP contribution in [0, 0.1) is 4.77 Å². The highest BCUT2D eigenvalue weighted by molar-refractivity contribution is 7.71. The van der Waals surface area contributed by atoms with Gasteiger partial charge in [-0.3, -0.25) is 4.79 Å². The Hall–Kier alpha value is -2.71. The first-order chi connectivity index (χ1) is 13.0. The minimum Gasteiger partial charge on any atom is -0.372 e. The number of carbonyl (C=O) groups is 1. The van der Waals surface area contributed by atoms with Crippen LogP contribution in [0.2, 0.25) is 0 Å². The Labute approximate surface area is 161 Å². The van der Waals surface area contributed by atoms with Gasteiger partial charge in [-0.1, -0.05) is 0 Å². The maximum Gasteiger partial charge on any atom is 0.257 e. The summed E-state index contributed by atoms with van der Waals surface area (Å²) in [6, 6.07) is 9.23. The van der Waals surface area contributed by atoms with Gasteiger partial charge in [0.15, 0.2) is 4.77 Å². The molecule has 8 heteroatoms. The zero-order valence-electron chi connectivity index (χ0n) is 15.2. The maximum atomic E-state index is 12.5. The van der Waals surface area contributed by atoms with E-state index in [0.29, 0.717) is 16.0 Å². The first-order valence-corrected chi connectivity index (χ1v) is 9.28. The molecule has 0 saturated carbocycles. The van der Waals surface area contributed by atoms with Gasteiger partial charge in [0.2, 0.25) is 0 Å². The minimum atomic E-state index is -0.203. The number of hydrogen-bond acceptors (Lipinski definition) is 5. The van der Waals surface area contributed by atoms with E-state index in [1.807, 2.05) is 24.3 Å². The third-order valence-electron chi connectivity index (χ3n) is 4.53. The number of morpholine rings is 1. The van der Waals surface area contributed by atoms with Crippen molar-refractivity contribution >= 4 is 40.7 Å². The summed E-state index contributed by atoms with van der Waals surface area (Å²) < 4.78 is 6.31. The van der Waals surface area contributed by atoms with Crippen LogP contribution in [0.4, 0.5) is 11.5 Å². The molecule has 0 radical (unpaired) electrons. The molecule has 1 aliphatic rings. The Morgan fingerprint density at radius 2 is 1.93 bits per heavy atom. The van der Waals surface area contributed by atoms with Gasteiger partial charge >= 0.3 is 0 Å². The lowest BCUT2D eigenvalue weighted by atomic mass is 10.2. The summed E-state index contributed by atoms with van der Waals surface area (Å²) in [4.78, 5) is 25.3. The lowest BCUT2D eigenvalue weighted by Crippen LogP contribution is -2.45. The topological polar surface area (TPSA) is 86.0 Å². The summed E-state index contributed by atoms with van der Waals surface area (Å²) in [6.07, 6.45) is 1.93. The molecule has 2 atom stereocenters. The molecule has 3 N–H and O–H groups in total. The van der Waals surface area contributed by atoms with Crippen molar-refractivity contribution in [3.05, 3.63) is 46.9 Å². The summed E-state index contributed by atoms with van der Waals surface area (Å²) in [5.74, 6) is 0.654. The van der Waals surface area contributed by atoms with Gasteiger partial charge in [0.25, 0.3) is 5.91 Å². The molecule has 0 spiro atoms. The average molecular weight is 383 g/mol. The monoisotopic (exact) mass is 383 g/mol. The lowest BCUT2D eigenvalue weighted by Gasteiger charge is -2.36. The van der Waals surface area contributed by atoms with Crippen LogP contribution in [-0.2, 0) is 4.74 Å². The highest BCUT2D eigenvalue weighted by Gasteiger charge is 2.23. The number of carbonyl (C=O) groups excluding carboxylic acids is 1. The third-order valence-corrected chi connectivity index (χ3v) is 4.73. The number of fused-ring (bicyclic) bond motifs is 1. The van der Waals surface area contributed by atoms with E-state index < -0.39 is 0 Å². The van der Waals surface area contributed by atoms with E-state index in [1.54, 1.807) is 12.3 Å².